The van der Waals surface area contributed by atoms with Crippen molar-refractivity contribution in [1.82, 2.24) is 44.1 Å². The molecule has 0 aliphatic rings. The van der Waals surface area contributed by atoms with E-state index in [-0.39, 0.29) is 0 Å². The van der Waals surface area contributed by atoms with Gasteiger partial charge in [-0.25, -0.2) is 19.9 Å². The Labute approximate surface area is 296 Å². The summed E-state index contributed by atoms with van der Waals surface area (Å²) in [6.45, 7) is 3.28. The summed E-state index contributed by atoms with van der Waals surface area (Å²) in [6, 6.07) is 28.3. The van der Waals surface area contributed by atoms with Crippen molar-refractivity contribution in [2.24, 2.45) is 0 Å². The molecule has 0 spiro atoms. The number of nitrogens with zero attached hydrogens (tertiary/aromatic N) is 9. The number of nitrogens with one attached hydrogen (secondary N) is 3. The van der Waals surface area contributed by atoms with E-state index >= 15 is 0 Å². The molecule has 8 rings (SSSR count). The zero-order valence-corrected chi connectivity index (χ0v) is 29.0. The number of benzene rings is 2. The van der Waals surface area contributed by atoms with Crippen LogP contribution in [0.2, 0.25) is 0 Å². The largest absolute Gasteiger partial charge is 0.366 e. The third-order valence-corrected chi connectivity index (χ3v) is 8.37. The summed E-state index contributed by atoms with van der Waals surface area (Å²) in [7, 11) is 1.79. The van der Waals surface area contributed by atoms with Crippen molar-refractivity contribution in [1.29, 1.82) is 0 Å². The minimum atomic E-state index is 0.578. The molecular weight excluding hydrogens is 692 g/mol. The minimum absolute atomic E-state index is 0.578. The van der Waals surface area contributed by atoms with Gasteiger partial charge in [-0.15, -0.1) is 0 Å². The molecule has 0 aliphatic carbocycles. The van der Waals surface area contributed by atoms with Crippen LogP contribution in [0.25, 0.3) is 33.8 Å². The number of fused-ring (bicyclic) bond motifs is 2. The third kappa shape index (κ3) is 7.27. The average Bonchev–Trinajstić information content (AvgIpc) is 3.76. The molecule has 0 aliphatic heterocycles. The maximum absolute atomic E-state index is 4.77. The first-order chi connectivity index (χ1) is 24.6. The highest BCUT2D eigenvalue weighted by Crippen LogP contribution is 2.26. The topological polar surface area (TPSA) is 135 Å². The average molecular weight is 726 g/mol. The zero-order chi connectivity index (χ0) is 34.3. The molecule has 0 saturated heterocycles. The van der Waals surface area contributed by atoms with Crippen molar-refractivity contribution in [2.75, 3.05) is 23.0 Å². The van der Waals surface area contributed by atoms with Crippen molar-refractivity contribution in [3.05, 3.63) is 143 Å². The van der Waals surface area contributed by atoms with Crippen LogP contribution in [0.5, 0.6) is 0 Å². The number of rotatable bonds is 9. The van der Waals surface area contributed by atoms with Crippen LogP contribution >= 0.6 is 15.9 Å². The number of hydrogen-bond donors (Lipinski definition) is 3. The molecule has 0 radical (unpaired) electrons. The van der Waals surface area contributed by atoms with E-state index < -0.39 is 0 Å². The highest BCUT2D eigenvalue weighted by Gasteiger charge is 2.13. The van der Waals surface area contributed by atoms with Gasteiger partial charge in [0.25, 0.3) is 0 Å². The maximum atomic E-state index is 4.77. The molecule has 0 fully saturated rings. The summed E-state index contributed by atoms with van der Waals surface area (Å²) in [5.74, 6) is 2.36. The molecule has 0 atom stereocenters. The highest BCUT2D eigenvalue weighted by molar-refractivity contribution is 9.10. The fourth-order valence-electron chi connectivity index (χ4n) is 5.24. The van der Waals surface area contributed by atoms with E-state index in [4.69, 9.17) is 9.97 Å². The van der Waals surface area contributed by atoms with E-state index in [0.717, 1.165) is 66.6 Å². The molecule has 0 bridgehead atoms. The second-order valence-corrected chi connectivity index (χ2v) is 12.2. The highest BCUT2D eigenvalue weighted by atomic mass is 79.9. The molecule has 50 heavy (non-hydrogen) atoms. The summed E-state index contributed by atoms with van der Waals surface area (Å²) >= 11 is 3.52. The van der Waals surface area contributed by atoms with Gasteiger partial charge in [0.2, 0.25) is 5.95 Å². The number of anilines is 3. The molecule has 0 saturated carbocycles. The van der Waals surface area contributed by atoms with Crippen molar-refractivity contribution < 1.29 is 0 Å². The van der Waals surface area contributed by atoms with E-state index in [9.17, 15) is 0 Å². The number of aryl methyl sites for hydroxylation is 1. The second kappa shape index (κ2) is 14.9. The van der Waals surface area contributed by atoms with Crippen LogP contribution in [0.1, 0.15) is 16.7 Å². The predicted molar refractivity (Wildman–Crippen MR) is 200 cm³/mol. The summed E-state index contributed by atoms with van der Waals surface area (Å²) in [4.78, 5) is 22.1. The smallest absolute Gasteiger partial charge is 0.222 e. The van der Waals surface area contributed by atoms with Crippen LogP contribution in [0, 0.1) is 6.92 Å². The van der Waals surface area contributed by atoms with Gasteiger partial charge in [-0.3, -0.25) is 4.98 Å². The standard InChI is InChI=1S/C19H17N5.C18H16BrN7/c1-14-11-22-24-18(21-13-15-6-5-9-20-12-15)10-17(23-19(14)24)16-7-3-2-4-8-16;1-20-18-22-9-12(10-23-18)8-21-16-7-15(13-5-3-2-4-6-13)25-17-14(19)11-24-26(16)17/h2-12,21H,13H2,1H3;2-7,9-11,21H,8H2,1H3,(H,20,22,23). The Kier molecular flexibility index (Phi) is 9.65. The number of pyridine rings is 1. The van der Waals surface area contributed by atoms with Gasteiger partial charge < -0.3 is 16.0 Å². The van der Waals surface area contributed by atoms with Crippen molar-refractivity contribution >= 4 is 44.8 Å². The van der Waals surface area contributed by atoms with Crippen LogP contribution in [-0.2, 0) is 13.1 Å². The van der Waals surface area contributed by atoms with Gasteiger partial charge in [0.1, 0.15) is 11.6 Å². The van der Waals surface area contributed by atoms with Gasteiger partial charge in [0.15, 0.2) is 11.3 Å². The van der Waals surface area contributed by atoms with Crippen LogP contribution in [-0.4, -0.2) is 51.2 Å². The first kappa shape index (κ1) is 32.3. The Bertz CT molecular complexity index is 2330. The molecule has 0 unspecified atom stereocenters. The van der Waals surface area contributed by atoms with Crippen LogP contribution in [0.4, 0.5) is 17.6 Å². The van der Waals surface area contributed by atoms with E-state index in [1.807, 2.05) is 96.6 Å². The lowest BCUT2D eigenvalue weighted by Gasteiger charge is -2.11. The zero-order valence-electron chi connectivity index (χ0n) is 27.4. The molecule has 8 aromatic rings. The van der Waals surface area contributed by atoms with Gasteiger partial charge in [-0.05, 0) is 34.5 Å². The van der Waals surface area contributed by atoms with Crippen molar-refractivity contribution in [3.8, 4) is 22.5 Å². The van der Waals surface area contributed by atoms with Gasteiger partial charge in [0, 0.05) is 79.3 Å². The normalized spacial score (nSPS) is 10.9. The molecule has 248 valence electrons. The fraction of sp³-hybridized carbons (Fsp3) is 0.108. The summed E-state index contributed by atoms with van der Waals surface area (Å²) in [6.07, 6.45) is 10.8. The third-order valence-electron chi connectivity index (χ3n) is 7.82. The monoisotopic (exact) mass is 724 g/mol. The SMILES string of the molecule is CNc1ncc(CNc2cc(-c3ccccc3)nc3c(Br)cnn23)cn1.Cc1cnn2c(NCc3cccnc3)cc(-c3ccccc3)nc12. The van der Waals surface area contributed by atoms with Crippen LogP contribution < -0.4 is 16.0 Å². The van der Waals surface area contributed by atoms with E-state index in [2.05, 4.69) is 69.2 Å². The number of halogens is 1. The number of aromatic nitrogens is 9. The lowest BCUT2D eigenvalue weighted by molar-refractivity contribution is 0.922. The summed E-state index contributed by atoms with van der Waals surface area (Å²) in [5.41, 5.74) is 8.72. The van der Waals surface area contributed by atoms with E-state index in [1.54, 1.807) is 36.4 Å². The van der Waals surface area contributed by atoms with Crippen LogP contribution in [0.3, 0.4) is 0 Å². The molecule has 0 amide bonds. The lowest BCUT2D eigenvalue weighted by Crippen LogP contribution is -2.07. The molecule has 12 nitrogen and oxygen atoms in total. The van der Waals surface area contributed by atoms with Gasteiger partial charge in [-0.2, -0.15) is 19.2 Å². The maximum Gasteiger partial charge on any atom is 0.222 e. The fourth-order valence-corrected chi connectivity index (χ4v) is 5.59. The first-order valence-corrected chi connectivity index (χ1v) is 16.7. The van der Waals surface area contributed by atoms with E-state index in [0.29, 0.717) is 19.0 Å². The lowest BCUT2D eigenvalue weighted by atomic mass is 10.1. The van der Waals surface area contributed by atoms with E-state index in [1.165, 1.54) is 0 Å². The Balaban J connectivity index is 0.000000157. The van der Waals surface area contributed by atoms with Crippen molar-refractivity contribution in [2.45, 2.75) is 20.0 Å². The Morgan fingerprint density at radius 3 is 1.82 bits per heavy atom. The molecule has 6 heterocycles. The molecular formula is C37H33BrN12. The Morgan fingerprint density at radius 1 is 0.640 bits per heavy atom. The summed E-state index contributed by atoms with van der Waals surface area (Å²) < 4.78 is 4.47. The second-order valence-electron chi connectivity index (χ2n) is 11.3. The molecule has 2 aromatic carbocycles. The Hall–Kier alpha value is -6.21. The quantitative estimate of drug-likeness (QED) is 0.139. The van der Waals surface area contributed by atoms with Gasteiger partial charge in [-0.1, -0.05) is 66.7 Å². The summed E-state index contributed by atoms with van der Waals surface area (Å²) in [5, 5.41) is 18.6. The minimum Gasteiger partial charge on any atom is -0.366 e. The first-order valence-electron chi connectivity index (χ1n) is 15.9. The van der Waals surface area contributed by atoms with Crippen LogP contribution in [0.15, 0.2) is 127 Å². The molecule has 13 heteroatoms. The van der Waals surface area contributed by atoms with Gasteiger partial charge >= 0.3 is 0 Å². The number of hydrogen-bond acceptors (Lipinski definition) is 10. The Morgan fingerprint density at radius 2 is 1.22 bits per heavy atom. The predicted octanol–water partition coefficient (Wildman–Crippen LogP) is 7.31. The molecule has 3 N–H and O–H groups in total. The van der Waals surface area contributed by atoms with Crippen molar-refractivity contribution in [3.63, 3.8) is 0 Å². The molecule has 6 aromatic heterocycles. The van der Waals surface area contributed by atoms with Gasteiger partial charge in [0.05, 0.1) is 28.3 Å².